The normalized spacial score (nSPS) is 12.3. The monoisotopic (exact) mass is 251 g/mol. The maximum absolute atomic E-state index is 11.6. The van der Waals surface area contributed by atoms with E-state index in [-0.39, 0.29) is 5.97 Å². The first-order chi connectivity index (χ1) is 8.47. The molecule has 0 bridgehead atoms. The van der Waals surface area contributed by atoms with Crippen LogP contribution in [0.2, 0.25) is 0 Å². The average molecular weight is 251 g/mol. The van der Waals surface area contributed by atoms with Crippen LogP contribution in [0.5, 0.6) is 0 Å². The summed E-state index contributed by atoms with van der Waals surface area (Å²) in [6.45, 7) is 2.79. The number of nitrogens with two attached hydrogens (primary N) is 1. The highest BCUT2D eigenvalue weighted by Gasteiger charge is 2.14. The fourth-order valence-electron chi connectivity index (χ4n) is 1.48. The second kappa shape index (κ2) is 6.26. The Morgan fingerprint density at radius 3 is 2.72 bits per heavy atom. The maximum Gasteiger partial charge on any atom is 0.340 e. The van der Waals surface area contributed by atoms with Gasteiger partial charge in [0.1, 0.15) is 0 Å². The van der Waals surface area contributed by atoms with Crippen LogP contribution in [0, 0.1) is 0 Å². The van der Waals surface area contributed by atoms with Gasteiger partial charge in [0.05, 0.1) is 24.0 Å². The summed E-state index contributed by atoms with van der Waals surface area (Å²) in [4.78, 5) is 13.7. The number of nitrogen functional groups attached to an aromatic ring is 1. The van der Waals surface area contributed by atoms with Gasteiger partial charge in [-0.2, -0.15) is 0 Å². The summed E-state index contributed by atoms with van der Waals surface area (Å²) in [6, 6.07) is 5.53. The molecule has 5 heteroatoms. The predicted octanol–water partition coefficient (Wildman–Crippen LogP) is 1.42. The molecule has 1 aromatic rings. The van der Waals surface area contributed by atoms with E-state index in [1.54, 1.807) is 18.2 Å². The van der Waals surface area contributed by atoms with Crippen molar-refractivity contribution in [2.75, 3.05) is 38.8 Å². The number of hydrogen-bond donors (Lipinski definition) is 2. The molecule has 3 N–H and O–H groups in total. The van der Waals surface area contributed by atoms with E-state index < -0.39 is 0 Å². The van der Waals surface area contributed by atoms with Crippen molar-refractivity contribution in [3.05, 3.63) is 23.8 Å². The number of nitrogens with zero attached hydrogens (tertiary/aromatic N) is 1. The lowest BCUT2D eigenvalue weighted by atomic mass is 10.1. The molecule has 0 aliphatic heterocycles. The lowest BCUT2D eigenvalue weighted by molar-refractivity contribution is 0.0602. The number of hydrogen-bond acceptors (Lipinski definition) is 5. The number of carbonyl (C=O) groups excluding carboxylic acids is 1. The molecule has 1 atom stereocenters. The van der Waals surface area contributed by atoms with Gasteiger partial charge in [-0.1, -0.05) is 6.07 Å². The Kier molecular flexibility index (Phi) is 4.97. The first kappa shape index (κ1) is 14.3. The summed E-state index contributed by atoms with van der Waals surface area (Å²) in [5.41, 5.74) is 7.54. The van der Waals surface area contributed by atoms with Crippen LogP contribution in [0.15, 0.2) is 18.2 Å². The summed E-state index contributed by atoms with van der Waals surface area (Å²) in [7, 11) is 5.36. The highest BCUT2D eigenvalue weighted by atomic mass is 16.5. The first-order valence-electron chi connectivity index (χ1n) is 5.84. The van der Waals surface area contributed by atoms with Gasteiger partial charge in [-0.25, -0.2) is 4.79 Å². The van der Waals surface area contributed by atoms with E-state index in [4.69, 9.17) is 10.5 Å². The number of para-hydroxylation sites is 1. The van der Waals surface area contributed by atoms with Crippen molar-refractivity contribution in [1.29, 1.82) is 0 Å². The third-order valence-electron chi connectivity index (χ3n) is 2.96. The van der Waals surface area contributed by atoms with E-state index in [1.165, 1.54) is 7.11 Å². The van der Waals surface area contributed by atoms with Gasteiger partial charge in [0.2, 0.25) is 0 Å². The lowest BCUT2D eigenvalue weighted by Crippen LogP contribution is -2.32. The van der Waals surface area contributed by atoms with Crippen molar-refractivity contribution in [1.82, 2.24) is 4.90 Å². The SMILES string of the molecule is COC(=O)c1cccc(N)c1NCC(C)N(C)C. The number of ether oxygens (including phenoxy) is 1. The fourth-order valence-corrected chi connectivity index (χ4v) is 1.48. The molecule has 0 heterocycles. The van der Waals surface area contributed by atoms with Gasteiger partial charge in [0, 0.05) is 12.6 Å². The molecule has 0 aromatic heterocycles. The summed E-state index contributed by atoms with van der Waals surface area (Å²) in [5.74, 6) is -0.387. The Hall–Kier alpha value is -1.75. The minimum atomic E-state index is -0.387. The average Bonchev–Trinajstić information content (AvgIpc) is 2.35. The molecule has 0 saturated carbocycles. The fraction of sp³-hybridized carbons (Fsp3) is 0.462. The third-order valence-corrected chi connectivity index (χ3v) is 2.96. The Balaban J connectivity index is 2.90. The zero-order valence-corrected chi connectivity index (χ0v) is 11.4. The number of anilines is 2. The number of nitrogens with one attached hydrogen (secondary N) is 1. The number of likely N-dealkylation sites (N-methyl/N-ethyl adjacent to an activating group) is 1. The van der Waals surface area contributed by atoms with E-state index in [0.29, 0.717) is 29.5 Å². The van der Waals surface area contributed by atoms with Gasteiger partial charge >= 0.3 is 5.97 Å². The molecule has 0 aliphatic rings. The van der Waals surface area contributed by atoms with E-state index in [1.807, 2.05) is 14.1 Å². The standard InChI is InChI=1S/C13H21N3O2/c1-9(16(2)3)8-15-12-10(13(17)18-4)6-5-7-11(12)14/h5-7,9,15H,8,14H2,1-4H3. The van der Waals surface area contributed by atoms with Gasteiger partial charge in [0.25, 0.3) is 0 Å². The van der Waals surface area contributed by atoms with Crippen LogP contribution < -0.4 is 11.1 Å². The molecule has 18 heavy (non-hydrogen) atoms. The van der Waals surface area contributed by atoms with Crippen molar-refractivity contribution in [2.24, 2.45) is 0 Å². The van der Waals surface area contributed by atoms with E-state index in [0.717, 1.165) is 0 Å². The number of rotatable bonds is 5. The van der Waals surface area contributed by atoms with Crippen LogP contribution in [0.25, 0.3) is 0 Å². The molecule has 100 valence electrons. The molecule has 1 aromatic carbocycles. The second-order valence-electron chi connectivity index (χ2n) is 4.45. The Morgan fingerprint density at radius 1 is 1.50 bits per heavy atom. The summed E-state index contributed by atoms with van der Waals surface area (Å²) in [5, 5.41) is 3.21. The number of esters is 1. The quantitative estimate of drug-likeness (QED) is 0.612. The van der Waals surface area contributed by atoms with Gasteiger partial charge in [-0.15, -0.1) is 0 Å². The molecule has 0 spiro atoms. The molecule has 0 amide bonds. The third kappa shape index (κ3) is 3.37. The molecular formula is C13H21N3O2. The zero-order chi connectivity index (χ0) is 13.7. The minimum absolute atomic E-state index is 0.329. The Bertz CT molecular complexity index is 419. The number of methoxy groups -OCH3 is 1. The van der Waals surface area contributed by atoms with Gasteiger partial charge < -0.3 is 20.7 Å². The number of carbonyl (C=O) groups is 1. The Labute approximate surface area is 108 Å². The Morgan fingerprint density at radius 2 is 2.17 bits per heavy atom. The van der Waals surface area contributed by atoms with Crippen LogP contribution >= 0.6 is 0 Å². The van der Waals surface area contributed by atoms with Crippen molar-refractivity contribution in [3.63, 3.8) is 0 Å². The highest BCUT2D eigenvalue weighted by molar-refractivity contribution is 5.98. The van der Waals surface area contributed by atoms with E-state index >= 15 is 0 Å². The molecule has 0 fully saturated rings. The van der Waals surface area contributed by atoms with Crippen molar-refractivity contribution in [2.45, 2.75) is 13.0 Å². The topological polar surface area (TPSA) is 67.6 Å². The van der Waals surface area contributed by atoms with Crippen molar-refractivity contribution in [3.8, 4) is 0 Å². The molecule has 5 nitrogen and oxygen atoms in total. The number of benzene rings is 1. The van der Waals surface area contributed by atoms with Crippen LogP contribution in [0.4, 0.5) is 11.4 Å². The van der Waals surface area contributed by atoms with Crippen molar-refractivity contribution < 1.29 is 9.53 Å². The molecule has 0 aliphatic carbocycles. The van der Waals surface area contributed by atoms with Crippen LogP contribution in [-0.2, 0) is 4.74 Å². The predicted molar refractivity (Wildman–Crippen MR) is 73.8 cm³/mol. The van der Waals surface area contributed by atoms with E-state index in [2.05, 4.69) is 17.1 Å². The molecule has 0 radical (unpaired) electrons. The first-order valence-corrected chi connectivity index (χ1v) is 5.84. The van der Waals surface area contributed by atoms with Gasteiger partial charge in [-0.05, 0) is 33.2 Å². The molecule has 0 saturated heterocycles. The summed E-state index contributed by atoms with van der Waals surface area (Å²) < 4.78 is 4.74. The van der Waals surface area contributed by atoms with Crippen LogP contribution in [-0.4, -0.2) is 44.7 Å². The van der Waals surface area contributed by atoms with Crippen molar-refractivity contribution >= 4 is 17.3 Å². The van der Waals surface area contributed by atoms with Crippen LogP contribution in [0.1, 0.15) is 17.3 Å². The summed E-state index contributed by atoms with van der Waals surface area (Å²) in [6.07, 6.45) is 0. The smallest absolute Gasteiger partial charge is 0.340 e. The zero-order valence-electron chi connectivity index (χ0n) is 11.4. The largest absolute Gasteiger partial charge is 0.465 e. The molecular weight excluding hydrogens is 230 g/mol. The summed E-state index contributed by atoms with van der Waals surface area (Å²) >= 11 is 0. The maximum atomic E-state index is 11.6. The molecule has 1 unspecified atom stereocenters. The van der Waals surface area contributed by atoms with Gasteiger partial charge in [-0.3, -0.25) is 0 Å². The highest BCUT2D eigenvalue weighted by Crippen LogP contribution is 2.24. The lowest BCUT2D eigenvalue weighted by Gasteiger charge is -2.22. The molecule has 1 rings (SSSR count). The van der Waals surface area contributed by atoms with Gasteiger partial charge in [0.15, 0.2) is 0 Å². The second-order valence-corrected chi connectivity index (χ2v) is 4.45. The minimum Gasteiger partial charge on any atom is -0.465 e. The van der Waals surface area contributed by atoms with E-state index in [9.17, 15) is 4.79 Å². The van der Waals surface area contributed by atoms with Crippen LogP contribution in [0.3, 0.4) is 0 Å².